The highest BCUT2D eigenvalue weighted by molar-refractivity contribution is 5.73. The summed E-state index contributed by atoms with van der Waals surface area (Å²) in [5.41, 5.74) is 0. The molecule has 0 aliphatic rings. The number of allylic oxidation sites excluding steroid dienone is 2. The van der Waals surface area contributed by atoms with E-state index in [0.29, 0.717) is 6.54 Å². The third-order valence-corrected chi connectivity index (χ3v) is 5.10. The molecule has 0 spiro atoms. The molecule has 0 aromatic carbocycles. The molecule has 1 atom stereocenters. The fraction of sp³-hybridized carbons (Fsp3) is 0.870. The Hall–Kier alpha value is -0.870. The molecule has 160 valence electrons. The van der Waals surface area contributed by atoms with Crippen LogP contribution in [0, 0.1) is 5.92 Å². The first kappa shape index (κ1) is 26.1. The molecule has 27 heavy (non-hydrogen) atoms. The number of carboxylic acids is 1. The largest absolute Gasteiger partial charge is 0.480 e. The molecule has 4 heteroatoms. The van der Waals surface area contributed by atoms with E-state index in [4.69, 9.17) is 5.11 Å². The van der Waals surface area contributed by atoms with Crippen LogP contribution in [-0.2, 0) is 4.79 Å². The summed E-state index contributed by atoms with van der Waals surface area (Å²) in [5, 5.41) is 20.1. The summed E-state index contributed by atoms with van der Waals surface area (Å²) in [6, 6.07) is -0.798. The third-order valence-electron chi connectivity index (χ3n) is 5.10. The minimum atomic E-state index is -0.947. The monoisotopic (exact) mass is 383 g/mol. The van der Waals surface area contributed by atoms with Crippen molar-refractivity contribution in [2.45, 2.75) is 117 Å². The molecule has 0 radical (unpaired) electrons. The zero-order chi connectivity index (χ0) is 20.3. The van der Waals surface area contributed by atoms with E-state index in [0.717, 1.165) is 24.3 Å². The van der Waals surface area contributed by atoms with Crippen molar-refractivity contribution in [3.8, 4) is 0 Å². The van der Waals surface area contributed by atoms with Gasteiger partial charge in [-0.3, -0.25) is 4.79 Å². The summed E-state index contributed by atoms with van der Waals surface area (Å²) in [6.07, 6.45) is 22.1. The summed E-state index contributed by atoms with van der Waals surface area (Å²) in [4.78, 5) is 11.1. The number of aliphatic carboxylic acids is 1. The van der Waals surface area contributed by atoms with E-state index in [1.807, 2.05) is 13.8 Å². The number of unbranched alkanes of at least 4 members (excludes halogenated alkanes) is 12. The Labute approximate surface area is 168 Å². The Morgan fingerprint density at radius 3 is 1.70 bits per heavy atom. The average molecular weight is 384 g/mol. The number of rotatable bonds is 19. The molecule has 0 heterocycles. The van der Waals surface area contributed by atoms with Crippen LogP contribution in [-0.4, -0.2) is 33.9 Å². The Morgan fingerprint density at radius 2 is 1.26 bits per heavy atom. The van der Waals surface area contributed by atoms with Crippen LogP contribution in [0.15, 0.2) is 12.2 Å². The minimum absolute atomic E-state index is 0.0957. The van der Waals surface area contributed by atoms with Gasteiger partial charge in [-0.1, -0.05) is 90.7 Å². The Kier molecular flexibility index (Phi) is 17.9. The zero-order valence-corrected chi connectivity index (χ0v) is 18.2. The molecule has 0 fully saturated rings. The fourth-order valence-electron chi connectivity index (χ4n) is 3.42. The molecule has 0 aromatic rings. The number of hydrogen-bond acceptors (Lipinski definition) is 3. The van der Waals surface area contributed by atoms with E-state index in [1.165, 1.54) is 70.6 Å². The molecule has 0 bridgehead atoms. The van der Waals surface area contributed by atoms with Gasteiger partial charge in [0, 0.05) is 6.54 Å². The standard InChI is InChI=1S/C23H45NO3/c1-4-5-6-7-8-9-10-11-12-13-14-15-16-17-18-19-20-24(27)22(21(2)3)23(25)26/h11-12,21-22,27H,4-10,13-20H2,1-3H3,(H,25,26)/b12-11-/t22-/m0/s1. The van der Waals surface area contributed by atoms with Crippen LogP contribution in [0.2, 0.25) is 0 Å². The molecule has 4 nitrogen and oxygen atoms in total. The Balaban J connectivity index is 3.42. The van der Waals surface area contributed by atoms with E-state index >= 15 is 0 Å². The quantitative estimate of drug-likeness (QED) is 0.146. The van der Waals surface area contributed by atoms with Gasteiger partial charge in [0.15, 0.2) is 0 Å². The van der Waals surface area contributed by atoms with Crippen LogP contribution >= 0.6 is 0 Å². The summed E-state index contributed by atoms with van der Waals surface area (Å²) >= 11 is 0. The van der Waals surface area contributed by atoms with Gasteiger partial charge >= 0.3 is 5.97 Å². The molecule has 2 N–H and O–H groups in total. The second-order valence-electron chi connectivity index (χ2n) is 8.13. The van der Waals surface area contributed by atoms with Crippen molar-refractivity contribution < 1.29 is 15.1 Å². The normalized spacial score (nSPS) is 13.1. The maximum atomic E-state index is 11.1. The predicted molar refractivity (Wildman–Crippen MR) is 114 cm³/mol. The first-order valence-electron chi connectivity index (χ1n) is 11.3. The number of nitrogens with zero attached hydrogens (tertiary/aromatic N) is 1. The van der Waals surface area contributed by atoms with Crippen molar-refractivity contribution in [2.75, 3.05) is 6.54 Å². The lowest BCUT2D eigenvalue weighted by Crippen LogP contribution is -2.43. The van der Waals surface area contributed by atoms with Gasteiger partial charge in [0.25, 0.3) is 0 Å². The summed E-state index contributed by atoms with van der Waals surface area (Å²) in [5.74, 6) is -1.04. The van der Waals surface area contributed by atoms with Gasteiger partial charge in [-0.25, -0.2) is 0 Å². The van der Waals surface area contributed by atoms with Crippen LogP contribution in [0.4, 0.5) is 0 Å². The Morgan fingerprint density at radius 1 is 0.815 bits per heavy atom. The lowest BCUT2D eigenvalue weighted by molar-refractivity contribution is -0.175. The highest BCUT2D eigenvalue weighted by Crippen LogP contribution is 2.13. The maximum absolute atomic E-state index is 11.1. The van der Waals surface area contributed by atoms with Gasteiger partial charge in [0.2, 0.25) is 0 Å². The smallest absolute Gasteiger partial charge is 0.323 e. The van der Waals surface area contributed by atoms with E-state index in [2.05, 4.69) is 19.1 Å². The SMILES string of the molecule is CCCCCCCC/C=C\CCCCCCCCN(O)[C@H](C(=O)O)C(C)C. The molecule has 0 aliphatic heterocycles. The minimum Gasteiger partial charge on any atom is -0.480 e. The molecule has 0 unspecified atom stereocenters. The predicted octanol–water partition coefficient (Wildman–Crippen LogP) is 6.82. The first-order chi connectivity index (χ1) is 13.0. The van der Waals surface area contributed by atoms with Gasteiger partial charge in [0.1, 0.15) is 6.04 Å². The third kappa shape index (κ3) is 15.8. The van der Waals surface area contributed by atoms with Crippen molar-refractivity contribution in [1.29, 1.82) is 0 Å². The van der Waals surface area contributed by atoms with Gasteiger partial charge in [-0.2, -0.15) is 5.06 Å². The maximum Gasteiger partial charge on any atom is 0.323 e. The van der Waals surface area contributed by atoms with Crippen LogP contribution in [0.5, 0.6) is 0 Å². The molecular weight excluding hydrogens is 338 g/mol. The van der Waals surface area contributed by atoms with Gasteiger partial charge in [0.05, 0.1) is 0 Å². The van der Waals surface area contributed by atoms with Crippen LogP contribution in [0.3, 0.4) is 0 Å². The number of carbonyl (C=O) groups is 1. The molecule has 0 saturated carbocycles. The second kappa shape index (κ2) is 18.5. The number of hydroxylamine groups is 2. The van der Waals surface area contributed by atoms with Crippen molar-refractivity contribution in [1.82, 2.24) is 5.06 Å². The van der Waals surface area contributed by atoms with Gasteiger partial charge in [-0.15, -0.1) is 0 Å². The van der Waals surface area contributed by atoms with Crippen molar-refractivity contribution >= 4 is 5.97 Å². The van der Waals surface area contributed by atoms with Gasteiger partial charge in [-0.05, 0) is 38.0 Å². The summed E-state index contributed by atoms with van der Waals surface area (Å²) < 4.78 is 0. The molecule has 0 aliphatic carbocycles. The lowest BCUT2D eigenvalue weighted by Gasteiger charge is -2.25. The first-order valence-corrected chi connectivity index (χ1v) is 11.3. The summed E-state index contributed by atoms with van der Waals surface area (Å²) in [7, 11) is 0. The van der Waals surface area contributed by atoms with Crippen LogP contribution in [0.25, 0.3) is 0 Å². The van der Waals surface area contributed by atoms with E-state index in [9.17, 15) is 10.0 Å². The lowest BCUT2D eigenvalue weighted by atomic mass is 10.0. The zero-order valence-electron chi connectivity index (χ0n) is 18.2. The van der Waals surface area contributed by atoms with E-state index in [1.54, 1.807) is 0 Å². The molecular formula is C23H45NO3. The number of hydrogen-bond donors (Lipinski definition) is 2. The Bertz CT molecular complexity index is 369. The topological polar surface area (TPSA) is 60.8 Å². The molecule has 0 rings (SSSR count). The van der Waals surface area contributed by atoms with E-state index < -0.39 is 12.0 Å². The molecule has 0 amide bonds. The van der Waals surface area contributed by atoms with Crippen molar-refractivity contribution in [3.05, 3.63) is 12.2 Å². The van der Waals surface area contributed by atoms with Crippen molar-refractivity contribution in [2.24, 2.45) is 5.92 Å². The van der Waals surface area contributed by atoms with E-state index in [-0.39, 0.29) is 5.92 Å². The highest BCUT2D eigenvalue weighted by Gasteiger charge is 2.27. The average Bonchev–Trinajstić information content (AvgIpc) is 2.60. The number of carboxylic acid groups (broad SMARTS) is 1. The molecule has 0 aromatic heterocycles. The highest BCUT2D eigenvalue weighted by atomic mass is 16.5. The summed E-state index contributed by atoms with van der Waals surface area (Å²) in [6.45, 7) is 6.35. The fourth-order valence-corrected chi connectivity index (χ4v) is 3.42. The van der Waals surface area contributed by atoms with Crippen LogP contribution in [0.1, 0.15) is 111 Å². The van der Waals surface area contributed by atoms with Crippen LogP contribution < -0.4 is 0 Å². The van der Waals surface area contributed by atoms with Gasteiger partial charge < -0.3 is 10.3 Å². The molecule has 0 saturated heterocycles. The second-order valence-corrected chi connectivity index (χ2v) is 8.13. The van der Waals surface area contributed by atoms with Crippen molar-refractivity contribution in [3.63, 3.8) is 0 Å².